The van der Waals surface area contributed by atoms with E-state index < -0.39 is 0 Å². The first-order chi connectivity index (χ1) is 32.7. The second kappa shape index (κ2) is 18.6. The highest BCUT2D eigenvalue weighted by atomic mass is 14.7. The molecule has 7 aromatic carbocycles. The molecule has 3 heterocycles. The Morgan fingerprint density at radius 3 is 1.02 bits per heavy atom. The van der Waals surface area contributed by atoms with Gasteiger partial charge in [0, 0.05) is 52.0 Å². The van der Waals surface area contributed by atoms with Crippen LogP contribution in [0.3, 0.4) is 0 Å². The van der Waals surface area contributed by atoms with Gasteiger partial charge in [0.25, 0.3) is 0 Å². The molecule has 2 atom stereocenters. The molecular weight excluding hydrogens is 799 g/mol. The molecule has 0 spiro atoms. The van der Waals surface area contributed by atoms with Crippen molar-refractivity contribution in [3.63, 3.8) is 0 Å². The molecule has 2 unspecified atom stereocenters. The molecule has 10 aromatic rings. The maximum absolute atomic E-state index is 5.15. The summed E-state index contributed by atoms with van der Waals surface area (Å²) in [5.74, 6) is 0.830. The van der Waals surface area contributed by atoms with Gasteiger partial charge in [-0.05, 0) is 99.7 Å². The average Bonchev–Trinajstić information content (AvgIpc) is 3.41. The van der Waals surface area contributed by atoms with Crippen molar-refractivity contribution >= 4 is 0 Å². The summed E-state index contributed by atoms with van der Waals surface area (Å²) in [5.41, 5.74) is 20.0. The molecule has 1 aliphatic carbocycles. The topological polar surface area (TPSA) is 38.7 Å². The molecule has 3 heteroatoms. The zero-order chi connectivity index (χ0) is 44.1. The molecule has 11 rings (SSSR count). The number of rotatable bonds is 10. The minimum atomic E-state index is 0.264. The Bertz CT molecular complexity index is 3070. The zero-order valence-electron chi connectivity index (χ0n) is 36.8. The number of nitrogens with zero attached hydrogens (tertiary/aromatic N) is 3. The van der Waals surface area contributed by atoms with Crippen LogP contribution in [0, 0.1) is 0 Å². The maximum Gasteiger partial charge on any atom is 0.0708 e. The SMILES string of the molecule is c1ccc(-c2ccc(-c3ccccc3C3CC(c4ccccc4-c4ccc(-c5ccccc5)nc4)CC(c4ccccc4-c4cnc(-c5ccccc5)cc4-c4ccccc4)C3)cn2)cc1. The number of hydrogen-bond acceptors (Lipinski definition) is 3. The molecule has 1 fully saturated rings. The first kappa shape index (κ1) is 40.7. The minimum Gasteiger partial charge on any atom is -0.256 e. The van der Waals surface area contributed by atoms with Gasteiger partial charge >= 0.3 is 0 Å². The molecule has 0 aliphatic heterocycles. The Morgan fingerprint density at radius 1 is 0.242 bits per heavy atom. The third-order valence-corrected chi connectivity index (χ3v) is 13.5. The Kier molecular flexibility index (Phi) is 11.5. The molecule has 0 N–H and O–H groups in total. The smallest absolute Gasteiger partial charge is 0.0708 e. The lowest BCUT2D eigenvalue weighted by Crippen LogP contribution is -2.21. The van der Waals surface area contributed by atoms with Gasteiger partial charge in [0.1, 0.15) is 0 Å². The maximum atomic E-state index is 5.15. The van der Waals surface area contributed by atoms with Crippen LogP contribution < -0.4 is 0 Å². The van der Waals surface area contributed by atoms with E-state index >= 15 is 0 Å². The quantitative estimate of drug-likeness (QED) is 0.138. The lowest BCUT2D eigenvalue weighted by Gasteiger charge is -2.38. The fourth-order valence-electron chi connectivity index (χ4n) is 10.4. The predicted molar refractivity (Wildman–Crippen MR) is 273 cm³/mol. The first-order valence-electron chi connectivity index (χ1n) is 23.2. The van der Waals surface area contributed by atoms with Gasteiger partial charge in [0.15, 0.2) is 0 Å². The van der Waals surface area contributed by atoms with Gasteiger partial charge in [-0.3, -0.25) is 15.0 Å². The van der Waals surface area contributed by atoms with Crippen LogP contribution in [-0.4, -0.2) is 15.0 Å². The van der Waals surface area contributed by atoms with E-state index in [0.717, 1.165) is 69.7 Å². The summed E-state index contributed by atoms with van der Waals surface area (Å²) in [4.78, 5) is 15.2. The molecule has 0 bridgehead atoms. The Morgan fingerprint density at radius 2 is 0.591 bits per heavy atom. The molecule has 0 saturated heterocycles. The monoisotopic (exact) mass is 847 g/mol. The molecule has 316 valence electrons. The largest absolute Gasteiger partial charge is 0.256 e. The Hall–Kier alpha value is -8.01. The lowest BCUT2D eigenvalue weighted by atomic mass is 9.66. The summed E-state index contributed by atoms with van der Waals surface area (Å²) >= 11 is 0. The number of benzene rings is 7. The zero-order valence-corrected chi connectivity index (χ0v) is 36.8. The van der Waals surface area contributed by atoms with Crippen molar-refractivity contribution in [2.24, 2.45) is 0 Å². The predicted octanol–water partition coefficient (Wildman–Crippen LogP) is 16.4. The Labute approximate surface area is 388 Å². The molecule has 1 aliphatic rings. The fraction of sp³-hybridized carbons (Fsp3) is 0.0952. The molecular formula is C63H49N3. The van der Waals surface area contributed by atoms with Gasteiger partial charge < -0.3 is 0 Å². The van der Waals surface area contributed by atoms with Crippen molar-refractivity contribution in [2.75, 3.05) is 0 Å². The van der Waals surface area contributed by atoms with E-state index in [2.05, 4.69) is 243 Å². The number of pyridine rings is 3. The van der Waals surface area contributed by atoms with Crippen molar-refractivity contribution < 1.29 is 0 Å². The Balaban J connectivity index is 1.02. The van der Waals surface area contributed by atoms with Crippen molar-refractivity contribution in [2.45, 2.75) is 37.0 Å². The van der Waals surface area contributed by atoms with E-state index in [4.69, 9.17) is 15.0 Å². The summed E-state index contributed by atoms with van der Waals surface area (Å²) < 4.78 is 0. The van der Waals surface area contributed by atoms with E-state index in [9.17, 15) is 0 Å². The van der Waals surface area contributed by atoms with Crippen molar-refractivity contribution in [1.82, 2.24) is 15.0 Å². The van der Waals surface area contributed by atoms with Crippen LogP contribution in [0.25, 0.3) is 78.3 Å². The summed E-state index contributed by atoms with van der Waals surface area (Å²) in [5, 5.41) is 0. The lowest BCUT2D eigenvalue weighted by molar-refractivity contribution is 0.353. The fourth-order valence-corrected chi connectivity index (χ4v) is 10.4. The van der Waals surface area contributed by atoms with Crippen LogP contribution in [0.2, 0.25) is 0 Å². The van der Waals surface area contributed by atoms with Crippen LogP contribution in [0.5, 0.6) is 0 Å². The highest BCUT2D eigenvalue weighted by Crippen LogP contribution is 2.53. The average molecular weight is 848 g/mol. The number of aromatic nitrogens is 3. The highest BCUT2D eigenvalue weighted by Gasteiger charge is 2.35. The molecule has 3 aromatic heterocycles. The van der Waals surface area contributed by atoms with Gasteiger partial charge in [-0.2, -0.15) is 0 Å². The minimum absolute atomic E-state index is 0.264. The summed E-state index contributed by atoms with van der Waals surface area (Å²) in [6.07, 6.45) is 9.31. The van der Waals surface area contributed by atoms with Gasteiger partial charge in [-0.25, -0.2) is 0 Å². The van der Waals surface area contributed by atoms with Crippen LogP contribution >= 0.6 is 0 Å². The third-order valence-electron chi connectivity index (χ3n) is 13.5. The van der Waals surface area contributed by atoms with Gasteiger partial charge in [-0.15, -0.1) is 0 Å². The standard InChI is InChI=1S/C63H49N3/c1-5-19-44(20-6-1)59-40-63(47-25-11-4-12-26-47)66-43-60(59)58-32-18-17-31-57(58)52-38-50(55-29-15-13-27-53(55)48-33-35-61(64-41-48)45-21-7-2-8-22-45)37-51(39-52)56-30-16-14-28-54(56)49-34-36-62(65-42-49)46-23-9-3-10-24-46/h1-36,40-43,50-52H,37-39H2. The second-order valence-electron chi connectivity index (χ2n) is 17.5. The van der Waals surface area contributed by atoms with Crippen molar-refractivity contribution in [3.8, 4) is 78.3 Å². The number of hydrogen-bond donors (Lipinski definition) is 0. The molecule has 0 radical (unpaired) electrons. The van der Waals surface area contributed by atoms with Gasteiger partial charge in [-0.1, -0.05) is 206 Å². The van der Waals surface area contributed by atoms with E-state index in [0.29, 0.717) is 0 Å². The molecule has 1 saturated carbocycles. The van der Waals surface area contributed by atoms with Gasteiger partial charge in [0.2, 0.25) is 0 Å². The van der Waals surface area contributed by atoms with Crippen LogP contribution in [0.15, 0.2) is 243 Å². The summed E-state index contributed by atoms with van der Waals surface area (Å²) in [6.45, 7) is 0. The molecule has 0 amide bonds. The van der Waals surface area contributed by atoms with Crippen molar-refractivity contribution in [1.29, 1.82) is 0 Å². The molecule has 66 heavy (non-hydrogen) atoms. The van der Waals surface area contributed by atoms with E-state index in [1.54, 1.807) is 0 Å². The molecule has 3 nitrogen and oxygen atoms in total. The normalized spacial score (nSPS) is 15.8. The highest BCUT2D eigenvalue weighted by molar-refractivity contribution is 5.87. The van der Waals surface area contributed by atoms with E-state index in [1.807, 2.05) is 0 Å². The van der Waals surface area contributed by atoms with E-state index in [1.165, 1.54) is 44.5 Å². The van der Waals surface area contributed by atoms with E-state index in [-0.39, 0.29) is 17.8 Å². The summed E-state index contributed by atoms with van der Waals surface area (Å²) in [7, 11) is 0. The van der Waals surface area contributed by atoms with Crippen molar-refractivity contribution in [3.05, 3.63) is 260 Å². The second-order valence-corrected chi connectivity index (χ2v) is 17.5. The van der Waals surface area contributed by atoms with Gasteiger partial charge in [0.05, 0.1) is 17.1 Å². The van der Waals surface area contributed by atoms with Crippen LogP contribution in [-0.2, 0) is 0 Å². The van der Waals surface area contributed by atoms with Crippen LogP contribution in [0.4, 0.5) is 0 Å². The van der Waals surface area contributed by atoms with Crippen LogP contribution in [0.1, 0.15) is 53.7 Å². The summed E-state index contributed by atoms with van der Waals surface area (Å²) in [6, 6.07) is 80.6. The first-order valence-corrected chi connectivity index (χ1v) is 23.2. The third kappa shape index (κ3) is 8.40.